The lowest BCUT2D eigenvalue weighted by Crippen LogP contribution is -2.13. The van der Waals surface area contributed by atoms with E-state index < -0.39 is 0 Å². The second-order valence-electron chi connectivity index (χ2n) is 5.36. The standard InChI is InChI=1S/C17H14N2OS2/c20-16(11-6-7-11)18-13-4-1-3-12(9-13)17-19-14(10-22-17)15-5-2-8-21-15/h1-5,8-11H,6-7H2,(H,18,20). The van der Waals surface area contributed by atoms with Crippen LogP contribution in [0.5, 0.6) is 0 Å². The van der Waals surface area contributed by atoms with Crippen LogP contribution in [-0.2, 0) is 4.79 Å². The second kappa shape index (κ2) is 5.66. The molecule has 1 fully saturated rings. The normalized spacial score (nSPS) is 14.0. The molecular formula is C17H14N2OS2. The lowest BCUT2D eigenvalue weighted by Gasteiger charge is -2.05. The van der Waals surface area contributed by atoms with Gasteiger partial charge in [-0.2, -0.15) is 0 Å². The number of hydrogen-bond donors (Lipinski definition) is 1. The van der Waals surface area contributed by atoms with E-state index in [9.17, 15) is 4.79 Å². The molecule has 1 aliphatic carbocycles. The summed E-state index contributed by atoms with van der Waals surface area (Å²) in [5.41, 5.74) is 2.91. The lowest BCUT2D eigenvalue weighted by atomic mass is 10.2. The van der Waals surface area contributed by atoms with Crippen LogP contribution in [0.4, 0.5) is 5.69 Å². The number of nitrogens with zero attached hydrogens (tertiary/aromatic N) is 1. The molecule has 0 aliphatic heterocycles. The summed E-state index contributed by atoms with van der Waals surface area (Å²) in [5.74, 6) is 0.351. The average molecular weight is 326 g/mol. The molecule has 0 unspecified atom stereocenters. The fraction of sp³-hybridized carbons (Fsp3) is 0.176. The van der Waals surface area contributed by atoms with Crippen molar-refractivity contribution in [1.82, 2.24) is 4.98 Å². The summed E-state index contributed by atoms with van der Waals surface area (Å²) < 4.78 is 0. The maximum absolute atomic E-state index is 11.9. The van der Waals surface area contributed by atoms with Crippen LogP contribution in [0.25, 0.3) is 21.1 Å². The first-order valence-electron chi connectivity index (χ1n) is 7.20. The highest BCUT2D eigenvalue weighted by Crippen LogP contribution is 2.33. The molecule has 1 amide bonds. The largest absolute Gasteiger partial charge is 0.326 e. The number of nitrogens with one attached hydrogen (secondary N) is 1. The summed E-state index contributed by atoms with van der Waals surface area (Å²) in [6, 6.07) is 12.0. The summed E-state index contributed by atoms with van der Waals surface area (Å²) in [5, 5.41) is 8.10. The third-order valence-corrected chi connectivity index (χ3v) is 5.39. The highest BCUT2D eigenvalue weighted by molar-refractivity contribution is 7.15. The van der Waals surface area contributed by atoms with Crippen molar-refractivity contribution in [2.24, 2.45) is 5.92 Å². The Hall–Kier alpha value is -1.98. The zero-order valence-electron chi connectivity index (χ0n) is 11.8. The van der Waals surface area contributed by atoms with E-state index in [1.165, 1.54) is 4.88 Å². The van der Waals surface area contributed by atoms with Gasteiger partial charge in [0.25, 0.3) is 0 Å². The quantitative estimate of drug-likeness (QED) is 0.742. The van der Waals surface area contributed by atoms with Crippen LogP contribution in [0.1, 0.15) is 12.8 Å². The maximum atomic E-state index is 11.9. The van der Waals surface area contributed by atoms with Crippen molar-refractivity contribution in [3.8, 4) is 21.1 Å². The van der Waals surface area contributed by atoms with Crippen molar-refractivity contribution in [2.45, 2.75) is 12.8 Å². The molecule has 2 aromatic heterocycles. The van der Waals surface area contributed by atoms with Crippen molar-refractivity contribution in [3.05, 3.63) is 47.2 Å². The topological polar surface area (TPSA) is 42.0 Å². The van der Waals surface area contributed by atoms with Gasteiger partial charge in [0.1, 0.15) is 5.01 Å². The Morgan fingerprint density at radius 3 is 2.86 bits per heavy atom. The highest BCUT2D eigenvalue weighted by Gasteiger charge is 2.29. The van der Waals surface area contributed by atoms with Gasteiger partial charge in [-0.25, -0.2) is 4.98 Å². The molecule has 3 aromatic rings. The van der Waals surface area contributed by atoms with Gasteiger partial charge >= 0.3 is 0 Å². The fourth-order valence-electron chi connectivity index (χ4n) is 2.26. The van der Waals surface area contributed by atoms with Gasteiger partial charge in [0.2, 0.25) is 5.91 Å². The van der Waals surface area contributed by atoms with Gasteiger partial charge < -0.3 is 5.32 Å². The number of carbonyl (C=O) groups is 1. The Kier molecular flexibility index (Phi) is 3.52. The number of rotatable bonds is 4. The highest BCUT2D eigenvalue weighted by atomic mass is 32.1. The molecule has 1 aromatic carbocycles. The summed E-state index contributed by atoms with van der Waals surface area (Å²) in [6.45, 7) is 0. The molecule has 1 N–H and O–H groups in total. The molecule has 0 atom stereocenters. The molecule has 1 aliphatic rings. The molecular weight excluding hydrogens is 312 g/mol. The predicted octanol–water partition coefficient (Wildman–Crippen LogP) is 4.89. The minimum absolute atomic E-state index is 0.135. The lowest BCUT2D eigenvalue weighted by molar-refractivity contribution is -0.117. The number of thiazole rings is 1. The van der Waals surface area contributed by atoms with Crippen LogP contribution in [-0.4, -0.2) is 10.9 Å². The van der Waals surface area contributed by atoms with E-state index in [1.54, 1.807) is 22.7 Å². The Labute approximate surface area is 136 Å². The SMILES string of the molecule is O=C(Nc1cccc(-c2nc(-c3cccs3)cs2)c1)C1CC1. The van der Waals surface area contributed by atoms with Gasteiger partial charge in [-0.15, -0.1) is 22.7 Å². The van der Waals surface area contributed by atoms with Crippen LogP contribution in [0.2, 0.25) is 0 Å². The van der Waals surface area contributed by atoms with Crippen molar-refractivity contribution >= 4 is 34.3 Å². The van der Waals surface area contributed by atoms with Crippen LogP contribution >= 0.6 is 22.7 Å². The first-order valence-corrected chi connectivity index (χ1v) is 8.96. The Morgan fingerprint density at radius 1 is 1.18 bits per heavy atom. The van der Waals surface area contributed by atoms with Crippen molar-refractivity contribution in [3.63, 3.8) is 0 Å². The minimum Gasteiger partial charge on any atom is -0.326 e. The minimum atomic E-state index is 0.135. The molecule has 0 saturated heterocycles. The van der Waals surface area contributed by atoms with Crippen molar-refractivity contribution in [1.29, 1.82) is 0 Å². The summed E-state index contributed by atoms with van der Waals surface area (Å²) in [7, 11) is 0. The van der Waals surface area contributed by atoms with Gasteiger partial charge in [-0.05, 0) is 36.4 Å². The van der Waals surface area contributed by atoms with Gasteiger partial charge in [-0.1, -0.05) is 18.2 Å². The summed E-state index contributed by atoms with van der Waals surface area (Å²) in [6.07, 6.45) is 2.03. The van der Waals surface area contributed by atoms with E-state index in [0.29, 0.717) is 0 Å². The first kappa shape index (κ1) is 13.7. The number of thiophene rings is 1. The molecule has 3 nitrogen and oxygen atoms in total. The number of amides is 1. The molecule has 22 heavy (non-hydrogen) atoms. The number of anilines is 1. The van der Waals surface area contributed by atoms with Crippen LogP contribution in [0.3, 0.4) is 0 Å². The molecule has 0 radical (unpaired) electrons. The molecule has 4 rings (SSSR count). The van der Waals surface area contributed by atoms with E-state index in [4.69, 9.17) is 4.98 Å². The van der Waals surface area contributed by atoms with Crippen molar-refractivity contribution < 1.29 is 4.79 Å². The van der Waals surface area contributed by atoms with Gasteiger partial charge in [-0.3, -0.25) is 4.79 Å². The maximum Gasteiger partial charge on any atom is 0.227 e. The third-order valence-electron chi connectivity index (χ3n) is 3.60. The smallest absolute Gasteiger partial charge is 0.227 e. The van der Waals surface area contributed by atoms with Gasteiger partial charge in [0.05, 0.1) is 10.6 Å². The van der Waals surface area contributed by atoms with E-state index >= 15 is 0 Å². The molecule has 110 valence electrons. The Morgan fingerprint density at radius 2 is 2.09 bits per heavy atom. The molecule has 1 saturated carbocycles. The predicted molar refractivity (Wildman–Crippen MR) is 92.2 cm³/mol. The van der Waals surface area contributed by atoms with Crippen molar-refractivity contribution in [2.75, 3.05) is 5.32 Å². The Balaban J connectivity index is 1.58. The summed E-state index contributed by atoms with van der Waals surface area (Å²) in [4.78, 5) is 17.7. The zero-order valence-corrected chi connectivity index (χ0v) is 13.4. The van der Waals surface area contributed by atoms with E-state index in [2.05, 4.69) is 22.1 Å². The first-order chi connectivity index (χ1) is 10.8. The van der Waals surface area contributed by atoms with Crippen LogP contribution < -0.4 is 5.32 Å². The molecule has 5 heteroatoms. The van der Waals surface area contributed by atoms with Gasteiger partial charge in [0, 0.05) is 22.5 Å². The molecule has 2 heterocycles. The number of benzene rings is 1. The number of carbonyl (C=O) groups excluding carboxylic acids is 1. The summed E-state index contributed by atoms with van der Waals surface area (Å²) >= 11 is 3.32. The molecule has 0 spiro atoms. The second-order valence-corrected chi connectivity index (χ2v) is 7.17. The van der Waals surface area contributed by atoms with Crippen LogP contribution in [0, 0.1) is 5.92 Å². The Bertz CT molecular complexity index is 804. The van der Waals surface area contributed by atoms with E-state index in [1.807, 2.05) is 30.3 Å². The van der Waals surface area contributed by atoms with Gasteiger partial charge in [0.15, 0.2) is 0 Å². The number of hydrogen-bond acceptors (Lipinski definition) is 4. The fourth-order valence-corrected chi connectivity index (χ4v) is 3.84. The van der Waals surface area contributed by atoms with Crippen LogP contribution in [0.15, 0.2) is 47.2 Å². The third kappa shape index (κ3) is 2.82. The zero-order chi connectivity index (χ0) is 14.9. The monoisotopic (exact) mass is 326 g/mol. The molecule has 0 bridgehead atoms. The number of aromatic nitrogens is 1. The van der Waals surface area contributed by atoms with E-state index in [0.717, 1.165) is 34.8 Å². The van der Waals surface area contributed by atoms with E-state index in [-0.39, 0.29) is 11.8 Å². The average Bonchev–Trinajstić information content (AvgIpc) is 3.04.